The van der Waals surface area contributed by atoms with Crippen LogP contribution < -0.4 is 5.73 Å². The van der Waals surface area contributed by atoms with E-state index in [9.17, 15) is 0 Å². The molecule has 0 spiro atoms. The van der Waals surface area contributed by atoms with Gasteiger partial charge in [-0.1, -0.05) is 13.8 Å². The SMILES string of the molecule is CC(C)C1CC(N)CCS1.Cl. The largest absolute Gasteiger partial charge is 0.328 e. The molecule has 1 aliphatic rings. The molecule has 0 bridgehead atoms. The third-order valence-electron chi connectivity index (χ3n) is 2.10. The molecule has 0 aromatic rings. The summed E-state index contributed by atoms with van der Waals surface area (Å²) in [4.78, 5) is 0. The molecule has 1 nitrogen and oxygen atoms in total. The maximum absolute atomic E-state index is 5.85. The van der Waals surface area contributed by atoms with Crippen molar-refractivity contribution in [3.8, 4) is 0 Å². The van der Waals surface area contributed by atoms with Gasteiger partial charge in [-0.15, -0.1) is 12.4 Å². The molecule has 0 radical (unpaired) electrons. The number of hydrogen-bond acceptors (Lipinski definition) is 2. The number of hydrogen-bond donors (Lipinski definition) is 1. The van der Waals surface area contributed by atoms with E-state index in [2.05, 4.69) is 25.6 Å². The zero-order valence-corrected chi connectivity index (χ0v) is 8.88. The Balaban J connectivity index is 0.000001000. The normalized spacial score (nSPS) is 31.6. The van der Waals surface area contributed by atoms with Gasteiger partial charge in [-0.05, 0) is 24.5 Å². The first-order valence-electron chi connectivity index (χ1n) is 4.07. The van der Waals surface area contributed by atoms with Crippen LogP contribution in [0.4, 0.5) is 0 Å². The summed E-state index contributed by atoms with van der Waals surface area (Å²) in [5.41, 5.74) is 5.85. The van der Waals surface area contributed by atoms with Crippen LogP contribution in [0.3, 0.4) is 0 Å². The average molecular weight is 196 g/mol. The molecule has 1 fully saturated rings. The summed E-state index contributed by atoms with van der Waals surface area (Å²) in [5.74, 6) is 2.07. The van der Waals surface area contributed by atoms with Crippen LogP contribution in [-0.2, 0) is 0 Å². The van der Waals surface area contributed by atoms with Crippen LogP contribution in [0, 0.1) is 5.92 Å². The Morgan fingerprint density at radius 1 is 1.45 bits per heavy atom. The lowest BCUT2D eigenvalue weighted by Crippen LogP contribution is -2.32. The second-order valence-electron chi connectivity index (χ2n) is 3.44. The fraction of sp³-hybridized carbons (Fsp3) is 1.00. The van der Waals surface area contributed by atoms with E-state index in [1.165, 1.54) is 18.6 Å². The Kier molecular flexibility index (Phi) is 5.57. The highest BCUT2D eigenvalue weighted by molar-refractivity contribution is 7.99. The molecule has 11 heavy (non-hydrogen) atoms. The first-order chi connectivity index (χ1) is 4.70. The Morgan fingerprint density at radius 3 is 2.45 bits per heavy atom. The van der Waals surface area contributed by atoms with Gasteiger partial charge in [-0.25, -0.2) is 0 Å². The number of thioether (sulfide) groups is 1. The molecule has 2 unspecified atom stereocenters. The van der Waals surface area contributed by atoms with Gasteiger partial charge in [0, 0.05) is 11.3 Å². The van der Waals surface area contributed by atoms with Crippen molar-refractivity contribution in [2.75, 3.05) is 5.75 Å². The summed E-state index contributed by atoms with van der Waals surface area (Å²) in [7, 11) is 0. The molecule has 0 aliphatic carbocycles. The smallest absolute Gasteiger partial charge is 0.00847 e. The summed E-state index contributed by atoms with van der Waals surface area (Å²) >= 11 is 2.10. The molecule has 0 amide bonds. The highest BCUT2D eigenvalue weighted by atomic mass is 35.5. The summed E-state index contributed by atoms with van der Waals surface area (Å²) in [6.07, 6.45) is 2.44. The van der Waals surface area contributed by atoms with E-state index in [1.807, 2.05) is 0 Å². The standard InChI is InChI=1S/C8H17NS.ClH/c1-6(2)8-5-7(9)3-4-10-8;/h6-8H,3-5,9H2,1-2H3;1H. The minimum atomic E-state index is 0. The van der Waals surface area contributed by atoms with Crippen LogP contribution in [0.25, 0.3) is 0 Å². The second kappa shape index (κ2) is 5.28. The monoisotopic (exact) mass is 195 g/mol. The highest BCUT2D eigenvalue weighted by Gasteiger charge is 2.21. The maximum atomic E-state index is 5.85. The van der Waals surface area contributed by atoms with Gasteiger partial charge in [0.25, 0.3) is 0 Å². The van der Waals surface area contributed by atoms with Gasteiger partial charge in [-0.2, -0.15) is 11.8 Å². The summed E-state index contributed by atoms with van der Waals surface area (Å²) in [5, 5.41) is 0.823. The van der Waals surface area contributed by atoms with Crippen LogP contribution in [-0.4, -0.2) is 17.0 Å². The molecule has 1 aliphatic heterocycles. The zero-order valence-electron chi connectivity index (χ0n) is 7.25. The molecule has 2 N–H and O–H groups in total. The first-order valence-corrected chi connectivity index (χ1v) is 5.12. The average Bonchev–Trinajstić information content (AvgIpc) is 1.88. The van der Waals surface area contributed by atoms with Crippen LogP contribution in [0.1, 0.15) is 26.7 Å². The lowest BCUT2D eigenvalue weighted by molar-refractivity contribution is 0.489. The van der Waals surface area contributed by atoms with E-state index < -0.39 is 0 Å². The number of halogens is 1. The fourth-order valence-electron chi connectivity index (χ4n) is 1.32. The van der Waals surface area contributed by atoms with Gasteiger partial charge in [0.2, 0.25) is 0 Å². The third kappa shape index (κ3) is 3.68. The van der Waals surface area contributed by atoms with Crippen molar-refractivity contribution in [2.45, 2.75) is 38.0 Å². The van der Waals surface area contributed by atoms with Crippen LogP contribution in [0.2, 0.25) is 0 Å². The lowest BCUT2D eigenvalue weighted by Gasteiger charge is -2.28. The van der Waals surface area contributed by atoms with E-state index in [0.717, 1.165) is 11.2 Å². The molecule has 68 valence electrons. The van der Waals surface area contributed by atoms with Gasteiger partial charge in [0.1, 0.15) is 0 Å². The molecule has 1 saturated heterocycles. The minimum absolute atomic E-state index is 0. The van der Waals surface area contributed by atoms with Gasteiger partial charge < -0.3 is 5.73 Å². The maximum Gasteiger partial charge on any atom is 0.00847 e. The van der Waals surface area contributed by atoms with Crippen molar-refractivity contribution in [1.29, 1.82) is 0 Å². The summed E-state index contributed by atoms with van der Waals surface area (Å²) in [6, 6.07) is 0.480. The Bertz CT molecular complexity index is 108. The van der Waals surface area contributed by atoms with Crippen LogP contribution in [0.15, 0.2) is 0 Å². The van der Waals surface area contributed by atoms with Gasteiger partial charge in [0.15, 0.2) is 0 Å². The van der Waals surface area contributed by atoms with Crippen molar-refractivity contribution in [2.24, 2.45) is 11.7 Å². The zero-order chi connectivity index (χ0) is 7.56. The van der Waals surface area contributed by atoms with E-state index >= 15 is 0 Å². The first kappa shape index (κ1) is 11.6. The Labute approximate surface area is 79.9 Å². The predicted octanol–water partition coefficient (Wildman–Crippen LogP) is 2.29. The van der Waals surface area contributed by atoms with Crippen molar-refractivity contribution in [3.63, 3.8) is 0 Å². The highest BCUT2D eigenvalue weighted by Crippen LogP contribution is 2.29. The summed E-state index contributed by atoms with van der Waals surface area (Å²) < 4.78 is 0. The van der Waals surface area contributed by atoms with E-state index in [1.54, 1.807) is 0 Å². The number of nitrogens with two attached hydrogens (primary N) is 1. The summed E-state index contributed by atoms with van der Waals surface area (Å²) in [6.45, 7) is 4.57. The molecule has 0 aromatic carbocycles. The molecule has 1 heterocycles. The molecular weight excluding hydrogens is 178 g/mol. The van der Waals surface area contributed by atoms with E-state index in [-0.39, 0.29) is 12.4 Å². The van der Waals surface area contributed by atoms with Crippen molar-refractivity contribution < 1.29 is 0 Å². The Morgan fingerprint density at radius 2 is 2.09 bits per heavy atom. The number of rotatable bonds is 1. The molecular formula is C8H18ClNS. The molecule has 0 aromatic heterocycles. The van der Waals surface area contributed by atoms with Crippen LogP contribution in [0.5, 0.6) is 0 Å². The van der Waals surface area contributed by atoms with Crippen LogP contribution >= 0.6 is 24.2 Å². The second-order valence-corrected chi connectivity index (χ2v) is 4.78. The van der Waals surface area contributed by atoms with Gasteiger partial charge in [0.05, 0.1) is 0 Å². The van der Waals surface area contributed by atoms with Crippen molar-refractivity contribution >= 4 is 24.2 Å². The quantitative estimate of drug-likeness (QED) is 0.695. The minimum Gasteiger partial charge on any atom is -0.328 e. The third-order valence-corrected chi connectivity index (χ3v) is 3.74. The van der Waals surface area contributed by atoms with E-state index in [4.69, 9.17) is 5.73 Å². The molecule has 2 atom stereocenters. The predicted molar refractivity (Wildman–Crippen MR) is 55.5 cm³/mol. The van der Waals surface area contributed by atoms with Gasteiger partial charge >= 0.3 is 0 Å². The topological polar surface area (TPSA) is 26.0 Å². The molecule has 3 heteroatoms. The Hall–Kier alpha value is 0.600. The molecule has 0 saturated carbocycles. The van der Waals surface area contributed by atoms with Gasteiger partial charge in [-0.3, -0.25) is 0 Å². The molecule has 1 rings (SSSR count). The lowest BCUT2D eigenvalue weighted by atomic mass is 10.0. The fourth-order valence-corrected chi connectivity index (χ4v) is 2.83. The van der Waals surface area contributed by atoms with Crippen molar-refractivity contribution in [3.05, 3.63) is 0 Å². The van der Waals surface area contributed by atoms with E-state index in [0.29, 0.717) is 6.04 Å². The van der Waals surface area contributed by atoms with Crippen molar-refractivity contribution in [1.82, 2.24) is 0 Å².